The van der Waals surface area contributed by atoms with Gasteiger partial charge in [0, 0.05) is 13.0 Å². The van der Waals surface area contributed by atoms with Crippen LogP contribution in [0.5, 0.6) is 0 Å². The lowest BCUT2D eigenvalue weighted by Gasteiger charge is -2.10. The van der Waals surface area contributed by atoms with Crippen LogP contribution in [-0.2, 0) is 11.3 Å². The number of aliphatic hydroxyl groups is 1. The number of hydrogen-bond acceptors (Lipinski definition) is 2. The minimum atomic E-state index is -0.492. The zero-order valence-electron chi connectivity index (χ0n) is 12.0. The summed E-state index contributed by atoms with van der Waals surface area (Å²) >= 11 is 0. The summed E-state index contributed by atoms with van der Waals surface area (Å²) in [6, 6.07) is 19.4. The van der Waals surface area contributed by atoms with Gasteiger partial charge < -0.3 is 10.4 Å². The normalized spacial score (nSPS) is 11.9. The first-order valence-corrected chi connectivity index (χ1v) is 7.29. The molecule has 0 saturated heterocycles. The van der Waals surface area contributed by atoms with Gasteiger partial charge in [-0.15, -0.1) is 0 Å². The Bertz CT molecular complexity index is 540. The van der Waals surface area contributed by atoms with Crippen molar-refractivity contribution in [3.05, 3.63) is 71.8 Å². The SMILES string of the molecule is O=C(CCCC(O)c1ccccc1)NCc1ccccc1. The third-order valence-corrected chi connectivity index (χ3v) is 3.40. The van der Waals surface area contributed by atoms with Crippen molar-refractivity contribution in [3.8, 4) is 0 Å². The summed E-state index contributed by atoms with van der Waals surface area (Å²) in [4.78, 5) is 11.7. The molecule has 2 aromatic rings. The molecule has 0 aromatic heterocycles. The maximum Gasteiger partial charge on any atom is 0.220 e. The van der Waals surface area contributed by atoms with E-state index in [2.05, 4.69) is 5.32 Å². The maximum absolute atomic E-state index is 11.7. The molecule has 0 radical (unpaired) electrons. The van der Waals surface area contributed by atoms with Gasteiger partial charge in [0.1, 0.15) is 0 Å². The summed E-state index contributed by atoms with van der Waals surface area (Å²) in [5.74, 6) is 0.0270. The molecule has 1 amide bonds. The zero-order chi connectivity index (χ0) is 14.9. The number of nitrogens with one attached hydrogen (secondary N) is 1. The molecule has 0 fully saturated rings. The highest BCUT2D eigenvalue weighted by molar-refractivity contribution is 5.75. The molecule has 0 heterocycles. The first-order chi connectivity index (χ1) is 10.3. The van der Waals surface area contributed by atoms with Gasteiger partial charge in [-0.05, 0) is 24.0 Å². The van der Waals surface area contributed by atoms with Crippen LogP contribution in [0.2, 0.25) is 0 Å². The molecule has 0 saturated carbocycles. The van der Waals surface area contributed by atoms with Crippen LogP contribution in [0.4, 0.5) is 0 Å². The first kappa shape index (κ1) is 15.3. The highest BCUT2D eigenvalue weighted by atomic mass is 16.3. The number of hydrogen-bond donors (Lipinski definition) is 2. The fraction of sp³-hybridized carbons (Fsp3) is 0.278. The van der Waals surface area contributed by atoms with E-state index in [9.17, 15) is 9.90 Å². The van der Waals surface area contributed by atoms with Gasteiger partial charge in [-0.2, -0.15) is 0 Å². The Morgan fingerprint density at radius 3 is 2.29 bits per heavy atom. The molecule has 3 nitrogen and oxygen atoms in total. The van der Waals surface area contributed by atoms with Crippen LogP contribution in [0.15, 0.2) is 60.7 Å². The Labute approximate surface area is 125 Å². The van der Waals surface area contributed by atoms with E-state index in [-0.39, 0.29) is 5.91 Å². The van der Waals surface area contributed by atoms with Crippen molar-refractivity contribution in [2.45, 2.75) is 31.9 Å². The molecule has 2 aromatic carbocycles. The maximum atomic E-state index is 11.7. The van der Waals surface area contributed by atoms with E-state index in [4.69, 9.17) is 0 Å². The van der Waals surface area contributed by atoms with E-state index < -0.39 is 6.10 Å². The van der Waals surface area contributed by atoms with Gasteiger partial charge in [0.2, 0.25) is 5.91 Å². The predicted octanol–water partition coefficient (Wildman–Crippen LogP) is 3.21. The Morgan fingerprint density at radius 1 is 1.00 bits per heavy atom. The Morgan fingerprint density at radius 2 is 1.62 bits per heavy atom. The monoisotopic (exact) mass is 283 g/mol. The number of rotatable bonds is 7. The lowest BCUT2D eigenvalue weighted by Crippen LogP contribution is -2.22. The Kier molecular flexibility index (Phi) is 5.98. The van der Waals surface area contributed by atoms with Gasteiger partial charge in [-0.3, -0.25) is 4.79 Å². The highest BCUT2D eigenvalue weighted by Gasteiger charge is 2.08. The second kappa shape index (κ2) is 8.22. The second-order valence-electron chi connectivity index (χ2n) is 5.08. The molecule has 2 rings (SSSR count). The molecule has 1 atom stereocenters. The summed E-state index contributed by atoms with van der Waals surface area (Å²) in [5, 5.41) is 12.9. The van der Waals surface area contributed by atoms with Crippen LogP contribution in [0.1, 0.15) is 36.5 Å². The molecule has 0 aliphatic rings. The molecule has 0 aliphatic carbocycles. The molecule has 0 bridgehead atoms. The number of carbonyl (C=O) groups excluding carboxylic acids is 1. The lowest BCUT2D eigenvalue weighted by molar-refractivity contribution is -0.121. The van der Waals surface area contributed by atoms with Gasteiger partial charge in [0.15, 0.2) is 0 Å². The summed E-state index contributed by atoms with van der Waals surface area (Å²) in [6.45, 7) is 0.556. The van der Waals surface area contributed by atoms with Crippen molar-refractivity contribution >= 4 is 5.91 Å². The summed E-state index contributed by atoms with van der Waals surface area (Å²) in [6.07, 6.45) is 1.23. The standard InChI is InChI=1S/C18H21NO2/c20-17(16-10-5-2-6-11-16)12-7-13-18(21)19-14-15-8-3-1-4-9-15/h1-6,8-11,17,20H,7,12-14H2,(H,19,21). The van der Waals surface area contributed by atoms with Crippen LogP contribution in [0, 0.1) is 0 Å². The van der Waals surface area contributed by atoms with Crippen LogP contribution in [0.3, 0.4) is 0 Å². The number of benzene rings is 2. The molecule has 110 valence electrons. The zero-order valence-corrected chi connectivity index (χ0v) is 12.0. The smallest absolute Gasteiger partial charge is 0.220 e. The first-order valence-electron chi connectivity index (χ1n) is 7.29. The minimum absolute atomic E-state index is 0.0270. The van der Waals surface area contributed by atoms with Crippen molar-refractivity contribution in [1.29, 1.82) is 0 Å². The molecule has 0 spiro atoms. The van der Waals surface area contributed by atoms with Crippen LogP contribution >= 0.6 is 0 Å². The topological polar surface area (TPSA) is 49.3 Å². The average molecular weight is 283 g/mol. The van der Waals surface area contributed by atoms with Gasteiger partial charge >= 0.3 is 0 Å². The predicted molar refractivity (Wildman–Crippen MR) is 83.5 cm³/mol. The van der Waals surface area contributed by atoms with Crippen molar-refractivity contribution < 1.29 is 9.90 Å². The minimum Gasteiger partial charge on any atom is -0.388 e. The average Bonchev–Trinajstić information content (AvgIpc) is 2.54. The summed E-state index contributed by atoms with van der Waals surface area (Å²) in [5.41, 5.74) is 2.00. The lowest BCUT2D eigenvalue weighted by atomic mass is 10.0. The third-order valence-electron chi connectivity index (χ3n) is 3.40. The molecular formula is C18H21NO2. The van der Waals surface area contributed by atoms with Gasteiger partial charge in [0.25, 0.3) is 0 Å². The van der Waals surface area contributed by atoms with Gasteiger partial charge in [-0.25, -0.2) is 0 Å². The van der Waals surface area contributed by atoms with Crippen molar-refractivity contribution in [2.24, 2.45) is 0 Å². The van der Waals surface area contributed by atoms with Crippen LogP contribution in [-0.4, -0.2) is 11.0 Å². The van der Waals surface area contributed by atoms with E-state index in [1.54, 1.807) is 0 Å². The number of aliphatic hydroxyl groups excluding tert-OH is 1. The van der Waals surface area contributed by atoms with E-state index in [1.807, 2.05) is 60.7 Å². The Balaban J connectivity index is 1.65. The molecule has 1 unspecified atom stereocenters. The fourth-order valence-electron chi connectivity index (χ4n) is 2.18. The molecule has 3 heteroatoms. The third kappa shape index (κ3) is 5.40. The van der Waals surface area contributed by atoms with Gasteiger partial charge in [-0.1, -0.05) is 60.7 Å². The van der Waals surface area contributed by atoms with Crippen molar-refractivity contribution in [3.63, 3.8) is 0 Å². The van der Waals surface area contributed by atoms with Crippen LogP contribution in [0.25, 0.3) is 0 Å². The van der Waals surface area contributed by atoms with E-state index in [0.29, 0.717) is 25.8 Å². The van der Waals surface area contributed by atoms with E-state index in [1.165, 1.54) is 0 Å². The van der Waals surface area contributed by atoms with E-state index >= 15 is 0 Å². The van der Waals surface area contributed by atoms with Crippen molar-refractivity contribution in [1.82, 2.24) is 5.32 Å². The molecule has 0 aliphatic heterocycles. The van der Waals surface area contributed by atoms with Gasteiger partial charge in [0.05, 0.1) is 6.10 Å². The Hall–Kier alpha value is -2.13. The highest BCUT2D eigenvalue weighted by Crippen LogP contribution is 2.18. The largest absolute Gasteiger partial charge is 0.388 e. The molecule has 21 heavy (non-hydrogen) atoms. The van der Waals surface area contributed by atoms with Crippen molar-refractivity contribution in [2.75, 3.05) is 0 Å². The summed E-state index contributed by atoms with van der Waals surface area (Å²) < 4.78 is 0. The second-order valence-corrected chi connectivity index (χ2v) is 5.08. The number of carbonyl (C=O) groups is 1. The number of amides is 1. The fourth-order valence-corrected chi connectivity index (χ4v) is 2.18. The van der Waals surface area contributed by atoms with E-state index in [0.717, 1.165) is 11.1 Å². The summed E-state index contributed by atoms with van der Waals surface area (Å²) in [7, 11) is 0. The van der Waals surface area contributed by atoms with Crippen LogP contribution < -0.4 is 5.32 Å². The molecular weight excluding hydrogens is 262 g/mol. The molecule has 2 N–H and O–H groups in total. The quantitative estimate of drug-likeness (QED) is 0.819.